The Balaban J connectivity index is 2.19. The van der Waals surface area contributed by atoms with Gasteiger partial charge in [-0.1, -0.05) is 353 Å². The van der Waals surface area contributed by atoms with Gasteiger partial charge in [-0.2, -0.15) is 8.42 Å². The van der Waals surface area contributed by atoms with Crippen LogP contribution in [0.3, 0.4) is 0 Å². The molecule has 0 aliphatic carbocycles. The van der Waals surface area contributed by atoms with Gasteiger partial charge < -0.3 is 35.2 Å². The van der Waals surface area contributed by atoms with Gasteiger partial charge in [0.1, 0.15) is 24.4 Å². The second kappa shape index (κ2) is 58.8. The molecule has 7 unspecified atom stereocenters. The van der Waals surface area contributed by atoms with E-state index in [1.165, 1.54) is 302 Å². The van der Waals surface area contributed by atoms with Crippen molar-refractivity contribution in [2.45, 2.75) is 410 Å². The molecule has 1 saturated heterocycles. The van der Waals surface area contributed by atoms with Crippen LogP contribution in [-0.2, 0) is 28.9 Å². The van der Waals surface area contributed by atoms with E-state index in [9.17, 15) is 38.2 Å². The topological polar surface area (TPSA) is 192 Å². The first-order chi connectivity index (χ1) is 40.0. The fraction of sp³-hybridized carbons (Fsp3) is 0.957. The first-order valence-electron chi connectivity index (χ1n) is 35.6. The quantitative estimate of drug-likeness (QED) is 0.0193. The zero-order chi connectivity index (χ0) is 59.7. The van der Waals surface area contributed by atoms with Crippen molar-refractivity contribution in [3.63, 3.8) is 0 Å². The van der Waals surface area contributed by atoms with Gasteiger partial charge in [0.05, 0.1) is 25.4 Å². The summed E-state index contributed by atoms with van der Waals surface area (Å²) in [4.78, 5) is 13.2. The van der Waals surface area contributed by atoms with E-state index < -0.39 is 59.9 Å². The molecule has 0 radical (unpaired) electrons. The standard InChI is InChI=1S/C69H135NO11S/c1-3-5-7-9-11-13-15-17-19-21-23-25-26-27-28-29-30-31-32-33-34-35-36-37-38-39-41-43-45-47-49-51-53-55-57-59-65(73)70-62(61-79-69-67(75)68(81-82(76,77)78)66(74)64(60-71)80-69)63(72)58-56-54-52-50-48-46-44-42-40-24-22-20-18-16-14-12-10-8-6-4-2/h56,58,62-64,66-69,71-72,74-75H,3-55,57,59-61H2,1-2H3,(H,70,73)(H,76,77,78)/b58-56+. The van der Waals surface area contributed by atoms with Crippen molar-refractivity contribution < 1.29 is 51.8 Å². The Kier molecular flexibility index (Phi) is 56.6. The van der Waals surface area contributed by atoms with Gasteiger partial charge in [-0.3, -0.25) is 9.35 Å². The maximum absolute atomic E-state index is 13.2. The van der Waals surface area contributed by atoms with Crippen LogP contribution in [-0.4, -0.2) is 95.4 Å². The summed E-state index contributed by atoms with van der Waals surface area (Å²) in [5.41, 5.74) is 0. The Morgan fingerprint density at radius 3 is 1.06 bits per heavy atom. The van der Waals surface area contributed by atoms with Crippen LogP contribution >= 0.6 is 0 Å². The number of amides is 1. The summed E-state index contributed by atoms with van der Waals surface area (Å²) in [6.07, 6.45) is 65.9. The minimum atomic E-state index is -5.09. The van der Waals surface area contributed by atoms with Gasteiger partial charge in [0, 0.05) is 6.42 Å². The number of ether oxygens (including phenoxy) is 2. The Bertz CT molecular complexity index is 1490. The lowest BCUT2D eigenvalue weighted by Gasteiger charge is -2.41. The van der Waals surface area contributed by atoms with E-state index in [0.717, 1.165) is 38.5 Å². The first kappa shape index (κ1) is 78.9. The lowest BCUT2D eigenvalue weighted by molar-refractivity contribution is -0.298. The molecule has 12 nitrogen and oxygen atoms in total. The number of aliphatic hydroxyl groups excluding tert-OH is 4. The minimum Gasteiger partial charge on any atom is -0.394 e. The van der Waals surface area contributed by atoms with Crippen LogP contribution in [0.15, 0.2) is 12.2 Å². The molecule has 0 bridgehead atoms. The van der Waals surface area contributed by atoms with E-state index in [1.807, 2.05) is 6.08 Å². The summed E-state index contributed by atoms with van der Waals surface area (Å²) < 4.78 is 48.0. The van der Waals surface area contributed by atoms with Gasteiger partial charge in [-0.05, 0) is 19.3 Å². The molecular formula is C69H135NO11S. The van der Waals surface area contributed by atoms with Crippen LogP contribution in [0.4, 0.5) is 0 Å². The third-order valence-electron chi connectivity index (χ3n) is 17.3. The van der Waals surface area contributed by atoms with Gasteiger partial charge in [-0.25, -0.2) is 4.18 Å². The summed E-state index contributed by atoms with van der Waals surface area (Å²) in [5.74, 6) is -0.253. The molecule has 0 spiro atoms. The van der Waals surface area contributed by atoms with Crippen LogP contribution in [0.1, 0.15) is 367 Å². The highest BCUT2D eigenvalue weighted by atomic mass is 32.3. The molecular weight excluding hydrogens is 1050 g/mol. The fourth-order valence-electron chi connectivity index (χ4n) is 11.9. The average molecular weight is 1190 g/mol. The number of aliphatic hydroxyl groups is 4. The summed E-state index contributed by atoms with van der Waals surface area (Å²) in [5, 5.41) is 45.1. The van der Waals surface area contributed by atoms with Crippen LogP contribution < -0.4 is 5.32 Å². The number of nitrogens with one attached hydrogen (secondary N) is 1. The Hall–Kier alpha value is -1.16. The predicted octanol–water partition coefficient (Wildman–Crippen LogP) is 18.5. The van der Waals surface area contributed by atoms with E-state index in [2.05, 4.69) is 23.3 Å². The Morgan fingerprint density at radius 2 is 0.768 bits per heavy atom. The second-order valence-corrected chi connectivity index (χ2v) is 26.2. The molecule has 1 fully saturated rings. The van der Waals surface area contributed by atoms with Crippen LogP contribution in [0.5, 0.6) is 0 Å². The highest BCUT2D eigenvalue weighted by Crippen LogP contribution is 2.26. The molecule has 1 aliphatic heterocycles. The zero-order valence-electron chi connectivity index (χ0n) is 53.6. The number of rotatable bonds is 64. The second-order valence-electron chi connectivity index (χ2n) is 25.2. The minimum absolute atomic E-state index is 0.253. The van der Waals surface area contributed by atoms with Crippen LogP contribution in [0.2, 0.25) is 0 Å². The van der Waals surface area contributed by atoms with Gasteiger partial charge >= 0.3 is 10.4 Å². The largest absolute Gasteiger partial charge is 0.397 e. The third kappa shape index (κ3) is 49.9. The number of hydrogen-bond donors (Lipinski definition) is 6. The van der Waals surface area contributed by atoms with Crippen LogP contribution in [0.25, 0.3) is 0 Å². The lowest BCUT2D eigenvalue weighted by atomic mass is 9.99. The summed E-state index contributed by atoms with van der Waals surface area (Å²) >= 11 is 0. The number of carbonyl (C=O) groups excluding carboxylic acids is 1. The number of unbranched alkanes of at least 4 members (excludes halogenated alkanes) is 52. The summed E-state index contributed by atoms with van der Waals surface area (Å²) in [6, 6.07) is -0.941. The Labute approximate surface area is 506 Å². The van der Waals surface area contributed by atoms with Crippen molar-refractivity contribution in [2.75, 3.05) is 13.2 Å². The van der Waals surface area contributed by atoms with Gasteiger partial charge in [-0.15, -0.1) is 0 Å². The Morgan fingerprint density at radius 1 is 0.476 bits per heavy atom. The van der Waals surface area contributed by atoms with Gasteiger partial charge in [0.15, 0.2) is 6.29 Å². The first-order valence-corrected chi connectivity index (χ1v) is 36.9. The lowest BCUT2D eigenvalue weighted by Crippen LogP contribution is -2.61. The maximum Gasteiger partial charge on any atom is 0.397 e. The molecule has 0 saturated carbocycles. The number of allylic oxidation sites excluding steroid dienone is 1. The molecule has 1 rings (SSSR count). The van der Waals surface area contributed by atoms with Crippen molar-refractivity contribution >= 4 is 16.3 Å². The van der Waals surface area contributed by atoms with E-state index >= 15 is 0 Å². The third-order valence-corrected chi connectivity index (χ3v) is 17.8. The highest BCUT2D eigenvalue weighted by Gasteiger charge is 2.48. The van der Waals surface area contributed by atoms with Crippen molar-refractivity contribution in [3.8, 4) is 0 Å². The monoisotopic (exact) mass is 1190 g/mol. The highest BCUT2D eigenvalue weighted by molar-refractivity contribution is 7.80. The van der Waals surface area contributed by atoms with E-state index in [4.69, 9.17) is 9.47 Å². The molecule has 0 aromatic heterocycles. The van der Waals surface area contributed by atoms with Crippen LogP contribution in [0, 0.1) is 0 Å². The van der Waals surface area contributed by atoms with E-state index in [-0.39, 0.29) is 18.9 Å². The molecule has 6 N–H and O–H groups in total. The normalized spacial score (nSPS) is 18.5. The molecule has 82 heavy (non-hydrogen) atoms. The molecule has 1 amide bonds. The van der Waals surface area contributed by atoms with Crippen molar-refractivity contribution in [3.05, 3.63) is 12.2 Å². The zero-order valence-corrected chi connectivity index (χ0v) is 54.4. The summed E-state index contributed by atoms with van der Waals surface area (Å²) in [7, 11) is -5.09. The van der Waals surface area contributed by atoms with Gasteiger partial charge in [0.2, 0.25) is 5.91 Å². The van der Waals surface area contributed by atoms with Crippen molar-refractivity contribution in [1.29, 1.82) is 0 Å². The molecule has 1 heterocycles. The molecule has 1 aliphatic rings. The van der Waals surface area contributed by atoms with E-state index in [1.54, 1.807) is 6.08 Å². The molecule has 0 aromatic carbocycles. The maximum atomic E-state index is 13.2. The SMILES string of the molecule is CCCCCCCCCCCCCCCCCCCC/C=C/C(O)C(COC1OC(CO)C(O)C(OS(=O)(=O)O)C1O)NC(=O)CCCCCCCCCCCCCCCCCCCCCCCCCCCCCCCCCCCCC. The van der Waals surface area contributed by atoms with Crippen molar-refractivity contribution in [1.82, 2.24) is 5.32 Å². The fourth-order valence-corrected chi connectivity index (χ4v) is 12.4. The molecule has 13 heteroatoms. The molecule has 488 valence electrons. The predicted molar refractivity (Wildman–Crippen MR) is 342 cm³/mol. The summed E-state index contributed by atoms with van der Waals surface area (Å²) in [6.45, 7) is 3.47. The number of carbonyl (C=O) groups is 1. The average Bonchev–Trinajstić information content (AvgIpc) is 3.63. The molecule has 7 atom stereocenters. The number of hydrogen-bond acceptors (Lipinski definition) is 10. The molecule has 0 aromatic rings. The smallest absolute Gasteiger partial charge is 0.394 e. The van der Waals surface area contributed by atoms with E-state index in [0.29, 0.717) is 6.42 Å². The van der Waals surface area contributed by atoms with Crippen molar-refractivity contribution in [2.24, 2.45) is 0 Å². The van der Waals surface area contributed by atoms with Gasteiger partial charge in [0.25, 0.3) is 0 Å².